The summed E-state index contributed by atoms with van der Waals surface area (Å²) in [7, 11) is 0. The molecule has 0 bridgehead atoms. The van der Waals surface area contributed by atoms with Crippen LogP contribution in [-0.4, -0.2) is 18.1 Å². The molecule has 1 aromatic heterocycles. The fraction of sp³-hybridized carbons (Fsp3) is 0.444. The van der Waals surface area contributed by atoms with Crippen LogP contribution in [0, 0.1) is 5.82 Å². The van der Waals surface area contributed by atoms with E-state index in [1.165, 1.54) is 6.20 Å². The summed E-state index contributed by atoms with van der Waals surface area (Å²) in [5.74, 6) is -0.261. The van der Waals surface area contributed by atoms with Crippen molar-refractivity contribution in [2.75, 3.05) is 13.1 Å². The van der Waals surface area contributed by atoms with Crippen LogP contribution in [0.5, 0.6) is 0 Å². The smallest absolute Gasteiger partial charge is 0.145 e. The Balaban J connectivity index is 2.32. The lowest BCUT2D eigenvalue weighted by Gasteiger charge is -2.03. The minimum atomic E-state index is -0.261. The number of aromatic nitrogens is 1. The lowest BCUT2D eigenvalue weighted by atomic mass is 10.2. The summed E-state index contributed by atoms with van der Waals surface area (Å²) >= 11 is 0. The molecule has 72 valence electrons. The van der Waals surface area contributed by atoms with E-state index in [1.54, 1.807) is 12.3 Å². The molecule has 0 aliphatic rings. The first-order chi connectivity index (χ1) is 6.34. The summed E-state index contributed by atoms with van der Waals surface area (Å²) in [5, 5.41) is 3.10. The van der Waals surface area contributed by atoms with Crippen molar-refractivity contribution in [3.63, 3.8) is 0 Å². The van der Waals surface area contributed by atoms with E-state index in [2.05, 4.69) is 10.3 Å². The van der Waals surface area contributed by atoms with Gasteiger partial charge in [0.15, 0.2) is 0 Å². The van der Waals surface area contributed by atoms with E-state index >= 15 is 0 Å². The second-order valence-corrected chi connectivity index (χ2v) is 2.79. The highest BCUT2D eigenvalue weighted by molar-refractivity contribution is 5.11. The van der Waals surface area contributed by atoms with E-state index in [0.717, 1.165) is 13.0 Å². The summed E-state index contributed by atoms with van der Waals surface area (Å²) in [6.07, 6.45) is 3.72. The molecule has 1 rings (SSSR count). The van der Waals surface area contributed by atoms with E-state index in [-0.39, 0.29) is 5.82 Å². The van der Waals surface area contributed by atoms with Gasteiger partial charge in [-0.2, -0.15) is 0 Å². The third-order valence-corrected chi connectivity index (χ3v) is 1.73. The first-order valence-corrected chi connectivity index (χ1v) is 4.33. The van der Waals surface area contributed by atoms with Crippen LogP contribution < -0.4 is 11.1 Å². The number of hydrogen-bond donors (Lipinski definition) is 2. The first-order valence-electron chi connectivity index (χ1n) is 4.33. The molecule has 4 heteroatoms. The Labute approximate surface area is 77.2 Å². The van der Waals surface area contributed by atoms with Crippen LogP contribution >= 0.6 is 0 Å². The second kappa shape index (κ2) is 5.61. The van der Waals surface area contributed by atoms with Crippen LogP contribution in [0.2, 0.25) is 0 Å². The Morgan fingerprint density at radius 1 is 1.54 bits per heavy atom. The van der Waals surface area contributed by atoms with Gasteiger partial charge < -0.3 is 11.1 Å². The van der Waals surface area contributed by atoms with Crippen molar-refractivity contribution in [3.05, 3.63) is 29.8 Å². The molecule has 0 saturated heterocycles. The van der Waals surface area contributed by atoms with Gasteiger partial charge in [0.2, 0.25) is 0 Å². The molecule has 0 fully saturated rings. The van der Waals surface area contributed by atoms with E-state index < -0.39 is 0 Å². The van der Waals surface area contributed by atoms with Crippen molar-refractivity contribution < 1.29 is 4.39 Å². The average Bonchev–Trinajstić information content (AvgIpc) is 2.15. The SMILES string of the molecule is NCCCNCc1ccncc1F. The summed E-state index contributed by atoms with van der Waals surface area (Å²) < 4.78 is 13.0. The van der Waals surface area contributed by atoms with Crippen LogP contribution in [0.3, 0.4) is 0 Å². The van der Waals surface area contributed by atoms with Gasteiger partial charge >= 0.3 is 0 Å². The lowest BCUT2D eigenvalue weighted by Crippen LogP contribution is -2.18. The van der Waals surface area contributed by atoms with E-state index in [0.29, 0.717) is 18.7 Å². The van der Waals surface area contributed by atoms with Gasteiger partial charge in [0.25, 0.3) is 0 Å². The third-order valence-electron chi connectivity index (χ3n) is 1.73. The molecule has 13 heavy (non-hydrogen) atoms. The van der Waals surface area contributed by atoms with Crippen molar-refractivity contribution in [3.8, 4) is 0 Å². The van der Waals surface area contributed by atoms with Crippen LogP contribution in [0.4, 0.5) is 4.39 Å². The van der Waals surface area contributed by atoms with Gasteiger partial charge in [-0.15, -0.1) is 0 Å². The van der Waals surface area contributed by atoms with Gasteiger partial charge in [-0.1, -0.05) is 0 Å². The van der Waals surface area contributed by atoms with Gasteiger partial charge in [0.05, 0.1) is 6.20 Å². The van der Waals surface area contributed by atoms with Gasteiger partial charge in [0.1, 0.15) is 5.82 Å². The zero-order valence-electron chi connectivity index (χ0n) is 7.46. The normalized spacial score (nSPS) is 10.3. The maximum absolute atomic E-state index is 13.0. The van der Waals surface area contributed by atoms with Gasteiger partial charge in [-0.3, -0.25) is 4.98 Å². The van der Waals surface area contributed by atoms with Gasteiger partial charge in [0, 0.05) is 18.3 Å². The van der Waals surface area contributed by atoms with Gasteiger partial charge in [-0.25, -0.2) is 4.39 Å². The topological polar surface area (TPSA) is 50.9 Å². The molecule has 3 nitrogen and oxygen atoms in total. The summed E-state index contributed by atoms with van der Waals surface area (Å²) in [5.41, 5.74) is 5.96. The maximum atomic E-state index is 13.0. The van der Waals surface area contributed by atoms with E-state index in [1.807, 2.05) is 0 Å². The first kappa shape index (κ1) is 10.1. The fourth-order valence-electron chi connectivity index (χ4n) is 0.997. The molecule has 1 aromatic rings. The number of nitrogens with zero attached hydrogens (tertiary/aromatic N) is 1. The molecular weight excluding hydrogens is 169 g/mol. The molecular formula is C9H14FN3. The Kier molecular flexibility index (Phi) is 4.35. The summed E-state index contributed by atoms with van der Waals surface area (Å²) in [4.78, 5) is 3.67. The molecule has 0 aromatic carbocycles. The molecule has 1 heterocycles. The fourth-order valence-corrected chi connectivity index (χ4v) is 0.997. The van der Waals surface area contributed by atoms with Crippen molar-refractivity contribution >= 4 is 0 Å². The quantitative estimate of drug-likeness (QED) is 0.659. The molecule has 0 atom stereocenters. The largest absolute Gasteiger partial charge is 0.330 e. The second-order valence-electron chi connectivity index (χ2n) is 2.79. The van der Waals surface area contributed by atoms with Crippen molar-refractivity contribution in [2.24, 2.45) is 5.73 Å². The van der Waals surface area contributed by atoms with Gasteiger partial charge in [-0.05, 0) is 25.6 Å². The number of nitrogens with one attached hydrogen (secondary N) is 1. The highest BCUT2D eigenvalue weighted by Crippen LogP contribution is 2.02. The Hall–Kier alpha value is -1.00. The number of hydrogen-bond acceptors (Lipinski definition) is 3. The Morgan fingerprint density at radius 2 is 2.38 bits per heavy atom. The molecule has 0 aliphatic heterocycles. The van der Waals surface area contributed by atoms with E-state index in [4.69, 9.17) is 5.73 Å². The molecule has 0 radical (unpaired) electrons. The van der Waals surface area contributed by atoms with Crippen LogP contribution in [-0.2, 0) is 6.54 Å². The van der Waals surface area contributed by atoms with Crippen LogP contribution in [0.15, 0.2) is 18.5 Å². The highest BCUT2D eigenvalue weighted by Gasteiger charge is 1.98. The number of halogens is 1. The van der Waals surface area contributed by atoms with Crippen LogP contribution in [0.1, 0.15) is 12.0 Å². The zero-order valence-corrected chi connectivity index (χ0v) is 7.46. The predicted octanol–water partition coefficient (Wildman–Crippen LogP) is 0.659. The summed E-state index contributed by atoms with van der Waals surface area (Å²) in [6, 6.07) is 1.67. The maximum Gasteiger partial charge on any atom is 0.145 e. The molecule has 0 aliphatic carbocycles. The standard InChI is InChI=1S/C9H14FN3/c10-9-7-13-5-2-8(9)6-12-4-1-3-11/h2,5,7,12H,1,3-4,6,11H2. The molecule has 3 N–H and O–H groups in total. The predicted molar refractivity (Wildman–Crippen MR) is 49.6 cm³/mol. The Bertz CT molecular complexity index is 252. The number of rotatable bonds is 5. The molecule has 0 saturated carbocycles. The van der Waals surface area contributed by atoms with Crippen molar-refractivity contribution in [1.29, 1.82) is 0 Å². The third kappa shape index (κ3) is 3.48. The van der Waals surface area contributed by atoms with Crippen LogP contribution in [0.25, 0.3) is 0 Å². The number of nitrogens with two attached hydrogens (primary N) is 1. The highest BCUT2D eigenvalue weighted by atomic mass is 19.1. The minimum absolute atomic E-state index is 0.261. The minimum Gasteiger partial charge on any atom is -0.330 e. The zero-order chi connectivity index (χ0) is 9.52. The van der Waals surface area contributed by atoms with E-state index in [9.17, 15) is 4.39 Å². The van der Waals surface area contributed by atoms with Crippen molar-refractivity contribution in [2.45, 2.75) is 13.0 Å². The number of pyridine rings is 1. The summed E-state index contributed by atoms with van der Waals surface area (Å²) in [6.45, 7) is 2.01. The van der Waals surface area contributed by atoms with Crippen molar-refractivity contribution in [1.82, 2.24) is 10.3 Å². The average molecular weight is 183 g/mol. The lowest BCUT2D eigenvalue weighted by molar-refractivity contribution is 0.578. The molecule has 0 spiro atoms. The Morgan fingerprint density at radius 3 is 3.08 bits per heavy atom. The molecule has 0 unspecified atom stereocenters. The molecule has 0 amide bonds. The monoisotopic (exact) mass is 183 g/mol.